The Balaban J connectivity index is 1.82. The van der Waals surface area contributed by atoms with Gasteiger partial charge in [-0.25, -0.2) is 4.98 Å². The average Bonchev–Trinajstić information content (AvgIpc) is 2.98. The summed E-state index contributed by atoms with van der Waals surface area (Å²) in [5.41, 5.74) is 1.27. The smallest absolute Gasteiger partial charge is 0.193 e. The Morgan fingerprint density at radius 3 is 2.80 bits per heavy atom. The number of rotatable bonds is 5. The number of benzene rings is 1. The first-order chi connectivity index (χ1) is 9.79. The fraction of sp³-hybridized carbons (Fsp3) is 0.333. The standard InChI is InChI=1S/C15H21N5/c1-16-15(18-9-11-20-10-8-17-13-20)19(2)12-14-6-4-3-5-7-14/h3-8,10,13H,9,11-12H2,1-2H3,(H,16,18). The zero-order chi connectivity index (χ0) is 14.2. The highest BCUT2D eigenvalue weighted by molar-refractivity contribution is 5.79. The van der Waals surface area contributed by atoms with Crippen molar-refractivity contribution in [3.63, 3.8) is 0 Å². The van der Waals surface area contributed by atoms with Gasteiger partial charge in [0.25, 0.3) is 0 Å². The molecule has 0 aliphatic carbocycles. The largest absolute Gasteiger partial charge is 0.354 e. The predicted molar refractivity (Wildman–Crippen MR) is 81.5 cm³/mol. The Morgan fingerprint density at radius 2 is 2.15 bits per heavy atom. The summed E-state index contributed by atoms with van der Waals surface area (Å²) in [5.74, 6) is 0.897. The first-order valence-electron chi connectivity index (χ1n) is 6.71. The Labute approximate surface area is 120 Å². The Bertz CT molecular complexity index is 518. The third-order valence-electron chi connectivity index (χ3n) is 3.05. The van der Waals surface area contributed by atoms with E-state index in [1.807, 2.05) is 30.2 Å². The molecule has 0 bridgehead atoms. The number of guanidine groups is 1. The van der Waals surface area contributed by atoms with Gasteiger partial charge in [0, 0.05) is 46.1 Å². The molecule has 0 spiro atoms. The topological polar surface area (TPSA) is 45.5 Å². The second-order valence-electron chi connectivity index (χ2n) is 4.62. The van der Waals surface area contributed by atoms with Crippen molar-refractivity contribution in [2.45, 2.75) is 13.1 Å². The van der Waals surface area contributed by atoms with Gasteiger partial charge in [-0.15, -0.1) is 0 Å². The van der Waals surface area contributed by atoms with Crippen LogP contribution in [-0.4, -0.2) is 41.1 Å². The average molecular weight is 271 g/mol. The zero-order valence-electron chi connectivity index (χ0n) is 12.0. The summed E-state index contributed by atoms with van der Waals surface area (Å²) in [7, 11) is 3.85. The Morgan fingerprint density at radius 1 is 1.35 bits per heavy atom. The summed E-state index contributed by atoms with van der Waals surface area (Å²) in [6, 6.07) is 10.4. The molecule has 1 aromatic heterocycles. The first kappa shape index (κ1) is 14.1. The second-order valence-corrected chi connectivity index (χ2v) is 4.62. The highest BCUT2D eigenvalue weighted by Gasteiger charge is 2.05. The van der Waals surface area contributed by atoms with Crippen molar-refractivity contribution in [2.75, 3.05) is 20.6 Å². The number of hydrogen-bond donors (Lipinski definition) is 1. The Kier molecular flexibility index (Phi) is 5.17. The van der Waals surface area contributed by atoms with Crippen LogP contribution in [0.25, 0.3) is 0 Å². The van der Waals surface area contributed by atoms with Gasteiger partial charge in [-0.3, -0.25) is 4.99 Å². The van der Waals surface area contributed by atoms with Gasteiger partial charge in [0.2, 0.25) is 0 Å². The molecule has 0 aliphatic rings. The van der Waals surface area contributed by atoms with E-state index in [-0.39, 0.29) is 0 Å². The number of imidazole rings is 1. The monoisotopic (exact) mass is 271 g/mol. The molecule has 20 heavy (non-hydrogen) atoms. The molecule has 1 heterocycles. The van der Waals surface area contributed by atoms with Crippen LogP contribution >= 0.6 is 0 Å². The van der Waals surface area contributed by atoms with Crippen LogP contribution in [0.2, 0.25) is 0 Å². The van der Waals surface area contributed by atoms with Gasteiger partial charge in [-0.1, -0.05) is 30.3 Å². The molecular weight excluding hydrogens is 250 g/mol. The van der Waals surface area contributed by atoms with Crippen LogP contribution in [0.5, 0.6) is 0 Å². The van der Waals surface area contributed by atoms with Crippen molar-refractivity contribution in [1.82, 2.24) is 19.8 Å². The van der Waals surface area contributed by atoms with E-state index in [0.29, 0.717) is 0 Å². The second kappa shape index (κ2) is 7.33. The SMILES string of the molecule is CN=C(NCCn1ccnc1)N(C)Cc1ccccc1. The quantitative estimate of drug-likeness (QED) is 0.663. The van der Waals surface area contributed by atoms with Crippen LogP contribution in [0.4, 0.5) is 0 Å². The molecule has 106 valence electrons. The van der Waals surface area contributed by atoms with Crippen LogP contribution in [0.15, 0.2) is 54.0 Å². The minimum atomic E-state index is 0.822. The highest BCUT2D eigenvalue weighted by Crippen LogP contribution is 2.02. The maximum atomic E-state index is 4.31. The number of aliphatic imine (C=N–C) groups is 1. The predicted octanol–water partition coefficient (Wildman–Crippen LogP) is 1.59. The van der Waals surface area contributed by atoms with E-state index in [1.165, 1.54) is 5.56 Å². The minimum absolute atomic E-state index is 0.822. The molecule has 5 nitrogen and oxygen atoms in total. The molecular formula is C15H21N5. The van der Waals surface area contributed by atoms with Crippen molar-refractivity contribution < 1.29 is 0 Å². The molecule has 0 aliphatic heterocycles. The summed E-state index contributed by atoms with van der Waals surface area (Å²) in [5, 5.41) is 3.36. The maximum Gasteiger partial charge on any atom is 0.193 e. The van der Waals surface area contributed by atoms with Crippen molar-refractivity contribution in [1.29, 1.82) is 0 Å². The van der Waals surface area contributed by atoms with Crippen LogP contribution in [-0.2, 0) is 13.1 Å². The van der Waals surface area contributed by atoms with Gasteiger partial charge in [-0.2, -0.15) is 0 Å². The molecule has 0 fully saturated rings. The number of hydrogen-bond acceptors (Lipinski definition) is 2. The lowest BCUT2D eigenvalue weighted by atomic mass is 10.2. The lowest BCUT2D eigenvalue weighted by molar-refractivity contribution is 0.473. The van der Waals surface area contributed by atoms with Gasteiger partial charge in [-0.05, 0) is 5.56 Å². The third-order valence-corrected chi connectivity index (χ3v) is 3.05. The molecule has 1 N–H and O–H groups in total. The Hall–Kier alpha value is -2.30. The van der Waals surface area contributed by atoms with E-state index < -0.39 is 0 Å². The van der Waals surface area contributed by atoms with Crippen LogP contribution in [0.1, 0.15) is 5.56 Å². The number of aromatic nitrogens is 2. The molecule has 0 saturated carbocycles. The van der Waals surface area contributed by atoms with E-state index in [4.69, 9.17) is 0 Å². The molecule has 0 saturated heterocycles. The molecule has 2 aromatic rings. The van der Waals surface area contributed by atoms with Gasteiger partial charge in [0.05, 0.1) is 6.33 Å². The van der Waals surface area contributed by atoms with Gasteiger partial charge in [0.1, 0.15) is 0 Å². The molecule has 0 amide bonds. The summed E-state index contributed by atoms with van der Waals surface area (Å²) in [6.07, 6.45) is 5.56. The fourth-order valence-electron chi connectivity index (χ4n) is 2.03. The van der Waals surface area contributed by atoms with Gasteiger partial charge >= 0.3 is 0 Å². The molecule has 0 radical (unpaired) electrons. The molecule has 2 rings (SSSR count). The number of nitrogens with zero attached hydrogens (tertiary/aromatic N) is 4. The van der Waals surface area contributed by atoms with Gasteiger partial charge < -0.3 is 14.8 Å². The van der Waals surface area contributed by atoms with Crippen LogP contribution in [0, 0.1) is 0 Å². The lowest BCUT2D eigenvalue weighted by Gasteiger charge is -2.22. The van der Waals surface area contributed by atoms with Crippen molar-refractivity contribution >= 4 is 5.96 Å². The zero-order valence-corrected chi connectivity index (χ0v) is 12.0. The van der Waals surface area contributed by atoms with Crippen molar-refractivity contribution in [3.05, 3.63) is 54.6 Å². The summed E-state index contributed by atoms with van der Waals surface area (Å²) in [4.78, 5) is 10.4. The molecule has 1 aromatic carbocycles. The van der Waals surface area contributed by atoms with Crippen molar-refractivity contribution in [3.8, 4) is 0 Å². The lowest BCUT2D eigenvalue weighted by Crippen LogP contribution is -2.39. The van der Waals surface area contributed by atoms with E-state index in [0.717, 1.165) is 25.6 Å². The van der Waals surface area contributed by atoms with Crippen LogP contribution < -0.4 is 5.32 Å². The van der Waals surface area contributed by atoms with Crippen LogP contribution in [0.3, 0.4) is 0 Å². The third kappa shape index (κ3) is 4.12. The summed E-state index contributed by atoms with van der Waals surface area (Å²) in [6.45, 7) is 2.53. The van der Waals surface area contributed by atoms with Gasteiger partial charge in [0.15, 0.2) is 5.96 Å². The molecule has 0 atom stereocenters. The first-order valence-corrected chi connectivity index (χ1v) is 6.71. The fourth-order valence-corrected chi connectivity index (χ4v) is 2.03. The normalized spacial score (nSPS) is 11.4. The molecule has 0 unspecified atom stereocenters. The minimum Gasteiger partial charge on any atom is -0.354 e. The van der Waals surface area contributed by atoms with E-state index in [9.17, 15) is 0 Å². The molecule has 5 heteroatoms. The van der Waals surface area contributed by atoms with Crippen molar-refractivity contribution in [2.24, 2.45) is 4.99 Å². The number of nitrogens with one attached hydrogen (secondary N) is 1. The maximum absolute atomic E-state index is 4.31. The van der Waals surface area contributed by atoms with E-state index in [1.54, 1.807) is 13.2 Å². The summed E-state index contributed by atoms with van der Waals surface area (Å²) < 4.78 is 2.04. The highest BCUT2D eigenvalue weighted by atomic mass is 15.3. The van der Waals surface area contributed by atoms with E-state index >= 15 is 0 Å². The summed E-state index contributed by atoms with van der Waals surface area (Å²) >= 11 is 0. The van der Waals surface area contributed by atoms with E-state index in [2.05, 4.69) is 44.5 Å².